The van der Waals surface area contributed by atoms with Gasteiger partial charge in [-0.15, -0.1) is 21.5 Å². The van der Waals surface area contributed by atoms with Crippen molar-refractivity contribution in [2.45, 2.75) is 32.9 Å². The number of rotatable bonds is 5. The maximum atomic E-state index is 12.3. The van der Waals surface area contributed by atoms with Gasteiger partial charge in [0.2, 0.25) is 5.91 Å². The second-order valence-corrected chi connectivity index (χ2v) is 8.38. The number of aryl methyl sites for hydroxylation is 3. The highest BCUT2D eigenvalue weighted by Gasteiger charge is 2.16. The van der Waals surface area contributed by atoms with Crippen LogP contribution >= 0.6 is 23.1 Å². The lowest BCUT2D eigenvalue weighted by Gasteiger charge is -2.09. The number of amides is 1. The number of benzene rings is 1. The highest BCUT2D eigenvalue weighted by atomic mass is 32.2. The van der Waals surface area contributed by atoms with Crippen LogP contribution in [-0.4, -0.2) is 26.4 Å². The molecule has 3 rings (SSSR count). The van der Waals surface area contributed by atoms with Crippen molar-refractivity contribution >= 4 is 34.7 Å². The van der Waals surface area contributed by atoms with Crippen molar-refractivity contribution in [3.05, 3.63) is 45.1 Å². The molecule has 3 aromatic rings. The summed E-state index contributed by atoms with van der Waals surface area (Å²) < 4.78 is 1.95. The molecule has 2 aromatic heterocycles. The molecule has 26 heavy (non-hydrogen) atoms. The van der Waals surface area contributed by atoms with Crippen molar-refractivity contribution in [1.82, 2.24) is 14.8 Å². The number of carbonyl (C=O) groups excluding carboxylic acids is 1. The van der Waals surface area contributed by atoms with Crippen molar-refractivity contribution in [1.29, 1.82) is 0 Å². The predicted octanol–water partition coefficient (Wildman–Crippen LogP) is 4.51. The zero-order chi connectivity index (χ0) is 18.8. The topological polar surface area (TPSA) is 59.8 Å². The third-order valence-corrected chi connectivity index (χ3v) is 6.38. The number of thioether (sulfide) groups is 1. The van der Waals surface area contributed by atoms with E-state index < -0.39 is 0 Å². The fourth-order valence-electron chi connectivity index (χ4n) is 2.68. The van der Waals surface area contributed by atoms with Gasteiger partial charge in [-0.05, 0) is 44.9 Å². The molecule has 1 amide bonds. The minimum Gasteiger partial charge on any atom is -0.325 e. The van der Waals surface area contributed by atoms with Gasteiger partial charge in [0, 0.05) is 28.6 Å². The van der Waals surface area contributed by atoms with Crippen LogP contribution in [0.5, 0.6) is 0 Å². The summed E-state index contributed by atoms with van der Waals surface area (Å²) in [5.74, 6) is 1.08. The van der Waals surface area contributed by atoms with Gasteiger partial charge in [0.05, 0.1) is 5.75 Å². The second-order valence-electron chi connectivity index (χ2n) is 6.35. The smallest absolute Gasteiger partial charge is 0.234 e. The lowest BCUT2D eigenvalue weighted by molar-refractivity contribution is -0.113. The number of thiophene rings is 1. The third-order valence-electron chi connectivity index (χ3n) is 4.35. The molecular formula is C19H22N4OS2. The summed E-state index contributed by atoms with van der Waals surface area (Å²) in [7, 11) is 1.94. The Bertz CT molecular complexity index is 959. The number of carbonyl (C=O) groups is 1. The maximum absolute atomic E-state index is 12.3. The van der Waals surface area contributed by atoms with Gasteiger partial charge >= 0.3 is 0 Å². The molecule has 0 saturated heterocycles. The molecule has 5 nitrogen and oxygen atoms in total. The summed E-state index contributed by atoms with van der Waals surface area (Å²) in [5.41, 5.74) is 5.43. The molecular weight excluding hydrogens is 364 g/mol. The number of anilines is 1. The first-order valence-electron chi connectivity index (χ1n) is 8.31. The van der Waals surface area contributed by atoms with Crippen LogP contribution in [0.25, 0.3) is 11.4 Å². The fourth-order valence-corrected chi connectivity index (χ4v) is 4.25. The Morgan fingerprint density at radius 1 is 1.23 bits per heavy atom. The van der Waals surface area contributed by atoms with E-state index >= 15 is 0 Å². The molecule has 1 aromatic carbocycles. The molecule has 0 aliphatic heterocycles. The molecule has 0 radical (unpaired) electrons. The van der Waals surface area contributed by atoms with Crippen molar-refractivity contribution in [2.75, 3.05) is 11.1 Å². The monoisotopic (exact) mass is 386 g/mol. The zero-order valence-electron chi connectivity index (χ0n) is 15.6. The van der Waals surface area contributed by atoms with E-state index in [9.17, 15) is 4.79 Å². The van der Waals surface area contributed by atoms with Crippen molar-refractivity contribution in [2.24, 2.45) is 7.05 Å². The molecule has 136 valence electrons. The van der Waals surface area contributed by atoms with Crippen molar-refractivity contribution in [3.63, 3.8) is 0 Å². The van der Waals surface area contributed by atoms with E-state index in [1.807, 2.05) is 37.6 Å². The van der Waals surface area contributed by atoms with Crippen LogP contribution < -0.4 is 5.32 Å². The average molecular weight is 387 g/mol. The molecule has 0 fully saturated rings. The highest BCUT2D eigenvalue weighted by Crippen LogP contribution is 2.30. The molecule has 0 aliphatic carbocycles. The summed E-state index contributed by atoms with van der Waals surface area (Å²) in [6, 6.07) is 5.99. The average Bonchev–Trinajstić information content (AvgIpc) is 3.11. The largest absolute Gasteiger partial charge is 0.325 e. The van der Waals surface area contributed by atoms with E-state index in [4.69, 9.17) is 0 Å². The van der Waals surface area contributed by atoms with Gasteiger partial charge in [-0.2, -0.15) is 0 Å². The molecule has 7 heteroatoms. The van der Waals surface area contributed by atoms with Gasteiger partial charge in [-0.25, -0.2) is 0 Å². The molecule has 0 atom stereocenters. The number of aromatic nitrogens is 3. The predicted molar refractivity (Wildman–Crippen MR) is 109 cm³/mol. The Morgan fingerprint density at radius 2 is 2.00 bits per heavy atom. The molecule has 1 N–H and O–H groups in total. The van der Waals surface area contributed by atoms with Gasteiger partial charge in [0.25, 0.3) is 0 Å². The van der Waals surface area contributed by atoms with E-state index in [2.05, 4.69) is 40.8 Å². The van der Waals surface area contributed by atoms with Gasteiger partial charge in [0.1, 0.15) is 0 Å². The summed E-state index contributed by atoms with van der Waals surface area (Å²) in [6.07, 6.45) is 0. The van der Waals surface area contributed by atoms with Gasteiger partial charge in [0.15, 0.2) is 11.0 Å². The van der Waals surface area contributed by atoms with E-state index in [-0.39, 0.29) is 5.91 Å². The first kappa shape index (κ1) is 18.7. The molecule has 2 heterocycles. The zero-order valence-corrected chi connectivity index (χ0v) is 17.2. The molecule has 0 aliphatic rings. The summed E-state index contributed by atoms with van der Waals surface area (Å²) >= 11 is 3.11. The van der Waals surface area contributed by atoms with E-state index in [0.29, 0.717) is 5.75 Å². The van der Waals surface area contributed by atoms with Gasteiger partial charge < -0.3 is 9.88 Å². The van der Waals surface area contributed by atoms with Crippen LogP contribution in [0.15, 0.2) is 28.7 Å². The first-order chi connectivity index (χ1) is 12.4. The molecule has 0 unspecified atom stereocenters. The van der Waals surface area contributed by atoms with Crippen LogP contribution in [0.2, 0.25) is 0 Å². The Hall–Kier alpha value is -2.12. The van der Waals surface area contributed by atoms with E-state index in [1.54, 1.807) is 11.3 Å². The van der Waals surface area contributed by atoms with Crippen LogP contribution in [0.1, 0.15) is 21.6 Å². The van der Waals surface area contributed by atoms with E-state index in [1.165, 1.54) is 27.8 Å². The Kier molecular flexibility index (Phi) is 5.48. The number of hydrogen-bond acceptors (Lipinski definition) is 5. The van der Waals surface area contributed by atoms with Crippen molar-refractivity contribution in [3.8, 4) is 11.4 Å². The van der Waals surface area contributed by atoms with Crippen LogP contribution in [0.4, 0.5) is 5.69 Å². The van der Waals surface area contributed by atoms with Gasteiger partial charge in [-0.3, -0.25) is 4.79 Å². The maximum Gasteiger partial charge on any atom is 0.234 e. The standard InChI is InChI=1S/C19H22N4OS2/c1-11-6-7-16(12(2)8-11)20-17(24)10-26-19-22-21-18(23(19)5)15-9-25-14(4)13(15)3/h6-9H,10H2,1-5H3,(H,20,24). The summed E-state index contributed by atoms with van der Waals surface area (Å²) in [5, 5.41) is 14.4. The normalized spacial score (nSPS) is 11.0. The minimum atomic E-state index is -0.0472. The van der Waals surface area contributed by atoms with Crippen LogP contribution in [0.3, 0.4) is 0 Å². The molecule has 0 spiro atoms. The Balaban J connectivity index is 1.67. The lowest BCUT2D eigenvalue weighted by atomic mass is 10.1. The van der Waals surface area contributed by atoms with Crippen molar-refractivity contribution < 1.29 is 4.79 Å². The SMILES string of the molecule is Cc1ccc(NC(=O)CSc2nnc(-c3csc(C)c3C)n2C)c(C)c1. The Morgan fingerprint density at radius 3 is 2.65 bits per heavy atom. The first-order valence-corrected chi connectivity index (χ1v) is 10.2. The highest BCUT2D eigenvalue weighted by molar-refractivity contribution is 7.99. The number of nitrogens with one attached hydrogen (secondary N) is 1. The molecule has 0 saturated carbocycles. The third kappa shape index (κ3) is 3.83. The fraction of sp³-hybridized carbons (Fsp3) is 0.316. The number of hydrogen-bond donors (Lipinski definition) is 1. The lowest BCUT2D eigenvalue weighted by Crippen LogP contribution is -2.15. The molecule has 0 bridgehead atoms. The second kappa shape index (κ2) is 7.63. The van der Waals surface area contributed by atoms with Gasteiger partial charge in [-0.1, -0.05) is 29.5 Å². The minimum absolute atomic E-state index is 0.0472. The summed E-state index contributed by atoms with van der Waals surface area (Å²) in [4.78, 5) is 13.6. The summed E-state index contributed by atoms with van der Waals surface area (Å²) in [6.45, 7) is 8.24. The van der Waals surface area contributed by atoms with E-state index in [0.717, 1.165) is 27.8 Å². The van der Waals surface area contributed by atoms with Crippen LogP contribution in [0, 0.1) is 27.7 Å². The quantitative estimate of drug-likeness (QED) is 0.656. The Labute approximate surface area is 161 Å². The van der Waals surface area contributed by atoms with Crippen LogP contribution in [-0.2, 0) is 11.8 Å². The number of nitrogens with zero attached hydrogens (tertiary/aromatic N) is 3.